The molecule has 0 aromatic heterocycles. The molecule has 1 amide bonds. The summed E-state index contributed by atoms with van der Waals surface area (Å²) in [5.41, 5.74) is 2.34. The van der Waals surface area contributed by atoms with Crippen molar-refractivity contribution >= 4 is 29.3 Å². The molecule has 0 saturated carbocycles. The highest BCUT2D eigenvalue weighted by Crippen LogP contribution is 2.23. The monoisotopic (exact) mass is 368 g/mol. The second-order valence-electron chi connectivity index (χ2n) is 5.70. The molecule has 26 heavy (non-hydrogen) atoms. The van der Waals surface area contributed by atoms with Crippen LogP contribution in [0.3, 0.4) is 0 Å². The van der Waals surface area contributed by atoms with Crippen molar-refractivity contribution in [1.29, 1.82) is 5.26 Å². The number of aryl methyl sites for hydroxylation is 1. The molecule has 0 heterocycles. The van der Waals surface area contributed by atoms with Gasteiger partial charge in [0.1, 0.15) is 5.40 Å². The summed E-state index contributed by atoms with van der Waals surface area (Å²) >= 11 is 1.06. The number of thioether (sulfide) groups is 1. The van der Waals surface area contributed by atoms with Gasteiger partial charge in [-0.3, -0.25) is 9.59 Å². The maximum atomic E-state index is 12.3. The Morgan fingerprint density at radius 3 is 2.58 bits per heavy atom. The van der Waals surface area contributed by atoms with Crippen molar-refractivity contribution in [1.82, 2.24) is 0 Å². The predicted molar refractivity (Wildman–Crippen MR) is 102 cm³/mol. The standard InChI is InChI=1S/C20H20N2O3S/c1-3-17(15-7-5-4-6-8-15)20(24)25-12-19(23)22-18-10-9-16(26-13-21)11-14(18)2/h4-11,17H,3,12H2,1-2H3,(H,22,23)/t17-/m1/s1. The Kier molecular flexibility index (Phi) is 7.24. The fourth-order valence-electron chi connectivity index (χ4n) is 2.54. The van der Waals surface area contributed by atoms with Crippen LogP contribution in [0.15, 0.2) is 53.4 Å². The van der Waals surface area contributed by atoms with Crippen LogP contribution < -0.4 is 5.32 Å². The van der Waals surface area contributed by atoms with Crippen molar-refractivity contribution in [2.75, 3.05) is 11.9 Å². The Morgan fingerprint density at radius 2 is 1.96 bits per heavy atom. The van der Waals surface area contributed by atoms with E-state index in [0.717, 1.165) is 27.8 Å². The van der Waals surface area contributed by atoms with Crippen LogP contribution in [0.5, 0.6) is 0 Å². The van der Waals surface area contributed by atoms with Crippen LogP contribution >= 0.6 is 11.8 Å². The Balaban J connectivity index is 1.92. The second kappa shape index (κ2) is 9.64. The molecule has 5 nitrogen and oxygen atoms in total. The number of ether oxygens (including phenoxy) is 1. The van der Waals surface area contributed by atoms with Crippen LogP contribution in [0.2, 0.25) is 0 Å². The Morgan fingerprint density at radius 1 is 1.23 bits per heavy atom. The van der Waals surface area contributed by atoms with E-state index in [2.05, 4.69) is 5.32 Å². The predicted octanol–water partition coefficient (Wildman–Crippen LogP) is 4.24. The second-order valence-corrected chi connectivity index (χ2v) is 6.56. The lowest BCUT2D eigenvalue weighted by atomic mass is 9.97. The smallest absolute Gasteiger partial charge is 0.313 e. The number of nitrogens with zero attached hydrogens (tertiary/aromatic N) is 1. The number of benzene rings is 2. The van der Waals surface area contributed by atoms with Gasteiger partial charge in [0.25, 0.3) is 5.91 Å². The van der Waals surface area contributed by atoms with Crippen LogP contribution in [0.4, 0.5) is 5.69 Å². The summed E-state index contributed by atoms with van der Waals surface area (Å²) in [4.78, 5) is 25.2. The minimum absolute atomic E-state index is 0.337. The van der Waals surface area contributed by atoms with E-state index in [1.807, 2.05) is 55.6 Å². The Hall–Kier alpha value is -2.78. The molecule has 0 aliphatic carbocycles. The third-order valence-electron chi connectivity index (χ3n) is 3.88. The van der Waals surface area contributed by atoms with Gasteiger partial charge in [-0.15, -0.1) is 0 Å². The molecule has 1 N–H and O–H groups in total. The van der Waals surface area contributed by atoms with Crippen LogP contribution in [-0.2, 0) is 14.3 Å². The van der Waals surface area contributed by atoms with Crippen molar-refractivity contribution in [3.8, 4) is 5.40 Å². The number of anilines is 1. The third kappa shape index (κ3) is 5.36. The van der Waals surface area contributed by atoms with Crippen LogP contribution in [0, 0.1) is 17.6 Å². The van der Waals surface area contributed by atoms with E-state index in [0.29, 0.717) is 12.1 Å². The Bertz CT molecular complexity index is 816. The van der Waals surface area contributed by atoms with Crippen molar-refractivity contribution in [3.63, 3.8) is 0 Å². The molecule has 0 saturated heterocycles. The van der Waals surface area contributed by atoms with E-state index in [9.17, 15) is 9.59 Å². The molecular weight excluding hydrogens is 348 g/mol. The molecule has 2 aromatic rings. The molecular formula is C20H20N2O3S. The minimum atomic E-state index is -0.411. The molecule has 0 spiro atoms. The van der Waals surface area contributed by atoms with Crippen molar-refractivity contribution < 1.29 is 14.3 Å². The topological polar surface area (TPSA) is 79.2 Å². The van der Waals surface area contributed by atoms with Gasteiger partial charge in [-0.1, -0.05) is 37.3 Å². The van der Waals surface area contributed by atoms with E-state index < -0.39 is 11.9 Å². The number of hydrogen-bond donors (Lipinski definition) is 1. The van der Waals surface area contributed by atoms with Gasteiger partial charge in [-0.25, -0.2) is 0 Å². The van der Waals surface area contributed by atoms with E-state index in [1.165, 1.54) is 0 Å². The highest BCUT2D eigenvalue weighted by molar-refractivity contribution is 8.03. The highest BCUT2D eigenvalue weighted by atomic mass is 32.2. The number of nitriles is 1. The van der Waals surface area contributed by atoms with E-state index in [1.54, 1.807) is 12.1 Å². The largest absolute Gasteiger partial charge is 0.455 e. The fraction of sp³-hybridized carbons (Fsp3) is 0.250. The van der Waals surface area contributed by atoms with Gasteiger partial charge in [0.05, 0.1) is 5.92 Å². The lowest BCUT2D eigenvalue weighted by Crippen LogP contribution is -2.24. The fourth-order valence-corrected chi connectivity index (χ4v) is 3.02. The van der Waals surface area contributed by atoms with E-state index in [4.69, 9.17) is 10.00 Å². The molecule has 134 valence electrons. The number of amides is 1. The number of nitrogens with one attached hydrogen (secondary N) is 1. The summed E-state index contributed by atoms with van der Waals surface area (Å²) in [5, 5.41) is 13.4. The van der Waals surface area contributed by atoms with Gasteiger partial charge in [0.2, 0.25) is 0 Å². The number of thiocyanates is 1. The molecule has 0 aliphatic heterocycles. The minimum Gasteiger partial charge on any atom is -0.455 e. The van der Waals surface area contributed by atoms with E-state index in [-0.39, 0.29) is 12.5 Å². The summed E-state index contributed by atoms with van der Waals surface area (Å²) in [7, 11) is 0. The molecule has 1 atom stereocenters. The highest BCUT2D eigenvalue weighted by Gasteiger charge is 2.21. The van der Waals surface area contributed by atoms with Crippen LogP contribution in [-0.4, -0.2) is 18.5 Å². The molecule has 0 radical (unpaired) electrons. The zero-order chi connectivity index (χ0) is 18.9. The third-order valence-corrected chi connectivity index (χ3v) is 4.46. The zero-order valence-corrected chi connectivity index (χ0v) is 15.5. The van der Waals surface area contributed by atoms with Crippen molar-refractivity contribution in [2.45, 2.75) is 31.1 Å². The number of rotatable bonds is 7. The van der Waals surface area contributed by atoms with Crippen molar-refractivity contribution in [2.24, 2.45) is 0 Å². The molecule has 0 fully saturated rings. The lowest BCUT2D eigenvalue weighted by Gasteiger charge is -2.15. The number of esters is 1. The van der Waals surface area contributed by atoms with Crippen molar-refractivity contribution in [3.05, 3.63) is 59.7 Å². The average molecular weight is 368 g/mol. The van der Waals surface area contributed by atoms with Crippen LogP contribution in [0.25, 0.3) is 0 Å². The quantitative estimate of drug-likeness (QED) is 0.449. The SMILES string of the molecule is CC[C@@H](C(=O)OCC(=O)Nc1ccc(SC#N)cc1C)c1ccccc1. The van der Waals surface area contributed by atoms with Gasteiger partial charge in [-0.2, -0.15) is 5.26 Å². The summed E-state index contributed by atoms with van der Waals surface area (Å²) in [5.74, 6) is -1.19. The molecule has 0 bridgehead atoms. The maximum absolute atomic E-state index is 12.3. The first-order valence-electron chi connectivity index (χ1n) is 8.23. The summed E-state index contributed by atoms with van der Waals surface area (Å²) in [6.07, 6.45) is 0.599. The number of hydrogen-bond acceptors (Lipinski definition) is 5. The first kappa shape index (κ1) is 19.5. The zero-order valence-electron chi connectivity index (χ0n) is 14.7. The lowest BCUT2D eigenvalue weighted by molar-refractivity contribution is -0.149. The van der Waals surface area contributed by atoms with Crippen LogP contribution in [0.1, 0.15) is 30.4 Å². The molecule has 0 aliphatic rings. The molecule has 0 unspecified atom stereocenters. The van der Waals surface area contributed by atoms with Gasteiger partial charge >= 0.3 is 5.97 Å². The first-order valence-corrected chi connectivity index (χ1v) is 9.04. The Labute approximate surface area is 157 Å². The van der Waals surface area contributed by atoms with Gasteiger partial charge in [0, 0.05) is 10.6 Å². The van der Waals surface area contributed by atoms with Gasteiger partial charge < -0.3 is 10.1 Å². The first-order chi connectivity index (χ1) is 12.5. The molecule has 2 rings (SSSR count). The number of carbonyl (C=O) groups is 2. The average Bonchev–Trinajstić information content (AvgIpc) is 2.64. The van der Waals surface area contributed by atoms with Gasteiger partial charge in [-0.05, 0) is 54.4 Å². The van der Waals surface area contributed by atoms with Gasteiger partial charge in [0.15, 0.2) is 6.61 Å². The summed E-state index contributed by atoms with van der Waals surface area (Å²) in [6.45, 7) is 3.41. The normalized spacial score (nSPS) is 11.3. The molecule has 2 aromatic carbocycles. The number of carbonyl (C=O) groups excluding carboxylic acids is 2. The summed E-state index contributed by atoms with van der Waals surface area (Å²) < 4.78 is 5.19. The van der Waals surface area contributed by atoms with E-state index >= 15 is 0 Å². The molecule has 6 heteroatoms. The maximum Gasteiger partial charge on any atom is 0.313 e. The summed E-state index contributed by atoms with van der Waals surface area (Å²) in [6, 6.07) is 14.7.